The number of allylic oxidation sites excluding steroid dienone is 1. The molecule has 0 radical (unpaired) electrons. The molecule has 2 saturated carbocycles. The molecule has 0 amide bonds. The molecule has 28 heavy (non-hydrogen) atoms. The largest absolute Gasteiger partial charge is 0.493 e. The topological polar surface area (TPSA) is 40.6 Å². The maximum absolute atomic E-state index is 6.30. The molecule has 4 heteroatoms. The number of pyridine rings is 1. The summed E-state index contributed by atoms with van der Waals surface area (Å²) in [6.07, 6.45) is 11.2. The van der Waals surface area contributed by atoms with Gasteiger partial charge in [-0.1, -0.05) is 32.9 Å². The van der Waals surface area contributed by atoms with Crippen LogP contribution < -0.4 is 4.74 Å². The number of hydrogen-bond acceptors (Lipinski definition) is 4. The lowest BCUT2D eigenvalue weighted by atomic mass is 9.52. The van der Waals surface area contributed by atoms with Crippen LogP contribution in [0.25, 0.3) is 0 Å². The molecule has 0 bridgehead atoms. The van der Waals surface area contributed by atoms with Gasteiger partial charge in [-0.25, -0.2) is 0 Å². The lowest BCUT2D eigenvalue weighted by Gasteiger charge is -2.55. The third kappa shape index (κ3) is 3.59. The van der Waals surface area contributed by atoms with Crippen molar-refractivity contribution >= 4 is 0 Å². The van der Waals surface area contributed by atoms with Gasteiger partial charge in [-0.15, -0.1) is 0 Å². The molecular weight excluding hydrogens is 350 g/mol. The lowest BCUT2D eigenvalue weighted by Crippen LogP contribution is -2.49. The molecule has 152 valence electrons. The van der Waals surface area contributed by atoms with Crippen LogP contribution in [0.2, 0.25) is 0 Å². The Balaban J connectivity index is 1.48. The Hall–Kier alpha value is -1.81. The minimum Gasteiger partial charge on any atom is -0.493 e. The summed E-state index contributed by atoms with van der Waals surface area (Å²) in [5.74, 6) is 2.24. The van der Waals surface area contributed by atoms with Crippen LogP contribution in [0, 0.1) is 23.2 Å². The van der Waals surface area contributed by atoms with Gasteiger partial charge in [0, 0.05) is 18.3 Å². The zero-order valence-corrected chi connectivity index (χ0v) is 17.4. The molecule has 4 nitrogen and oxygen atoms in total. The fraction of sp³-hybridized carbons (Fsp3) is 0.625. The van der Waals surface area contributed by atoms with E-state index in [4.69, 9.17) is 14.2 Å². The van der Waals surface area contributed by atoms with E-state index in [9.17, 15) is 0 Å². The van der Waals surface area contributed by atoms with Crippen molar-refractivity contribution in [1.29, 1.82) is 0 Å². The van der Waals surface area contributed by atoms with E-state index in [-0.39, 0.29) is 17.8 Å². The number of aromatic nitrogens is 1. The van der Waals surface area contributed by atoms with E-state index in [2.05, 4.69) is 32.3 Å². The Morgan fingerprint density at radius 3 is 2.82 bits per heavy atom. The average Bonchev–Trinajstić information content (AvgIpc) is 2.70. The van der Waals surface area contributed by atoms with Gasteiger partial charge in [0.1, 0.15) is 5.75 Å². The average molecular weight is 384 g/mol. The summed E-state index contributed by atoms with van der Waals surface area (Å²) in [5, 5.41) is 0. The first kappa shape index (κ1) is 19.5. The van der Waals surface area contributed by atoms with Gasteiger partial charge in [0.15, 0.2) is 0 Å². The van der Waals surface area contributed by atoms with Gasteiger partial charge in [0.05, 0.1) is 19.0 Å². The highest BCUT2D eigenvalue weighted by atomic mass is 16.7. The number of rotatable bonds is 5. The predicted octanol–water partition coefficient (Wildman–Crippen LogP) is 5.51. The second-order valence-corrected chi connectivity index (χ2v) is 9.16. The monoisotopic (exact) mass is 383 g/mol. The quantitative estimate of drug-likeness (QED) is 0.628. The third-order valence-electron chi connectivity index (χ3n) is 7.06. The van der Waals surface area contributed by atoms with E-state index >= 15 is 0 Å². The van der Waals surface area contributed by atoms with E-state index in [1.165, 1.54) is 17.6 Å². The Labute approximate surface area is 169 Å². The Morgan fingerprint density at radius 1 is 1.29 bits per heavy atom. The van der Waals surface area contributed by atoms with Gasteiger partial charge < -0.3 is 14.2 Å². The standard InChI is InChI=1S/C24H33NO3/c1-16(2)23-27-15-19-21-6-5-17(3)20(24(21,4)11-7-22(19)28-23)10-14-26-18-8-12-25-13-9-18/h8-9,12-13,15-16,20-23H,3,5-7,10-11,14H2,1-2,4H3/t20-,21?,22-,23-,24+/m1/s1. The molecule has 1 aromatic heterocycles. The molecule has 0 saturated heterocycles. The van der Waals surface area contributed by atoms with Gasteiger partial charge in [-0.2, -0.15) is 0 Å². The Bertz CT molecular complexity index is 729. The first-order valence-corrected chi connectivity index (χ1v) is 10.7. The maximum Gasteiger partial charge on any atom is 0.201 e. The highest BCUT2D eigenvalue weighted by molar-refractivity contribution is 5.26. The van der Waals surface area contributed by atoms with Gasteiger partial charge in [0.2, 0.25) is 6.29 Å². The van der Waals surface area contributed by atoms with Crippen molar-refractivity contribution in [3.8, 4) is 5.75 Å². The van der Waals surface area contributed by atoms with E-state index < -0.39 is 0 Å². The smallest absolute Gasteiger partial charge is 0.201 e. The van der Waals surface area contributed by atoms with Crippen LogP contribution in [0.15, 0.2) is 48.5 Å². The summed E-state index contributed by atoms with van der Waals surface area (Å²) in [4.78, 5) is 4.05. The molecule has 2 aliphatic carbocycles. The van der Waals surface area contributed by atoms with Crippen LogP contribution in [0.1, 0.15) is 52.9 Å². The highest BCUT2D eigenvalue weighted by Crippen LogP contribution is 2.58. The summed E-state index contributed by atoms with van der Waals surface area (Å²) >= 11 is 0. The molecule has 1 aromatic rings. The van der Waals surface area contributed by atoms with E-state index in [1.54, 1.807) is 12.4 Å². The van der Waals surface area contributed by atoms with Gasteiger partial charge >= 0.3 is 0 Å². The van der Waals surface area contributed by atoms with Crippen molar-refractivity contribution in [1.82, 2.24) is 4.98 Å². The molecule has 1 unspecified atom stereocenters. The minimum atomic E-state index is -0.110. The van der Waals surface area contributed by atoms with Gasteiger partial charge in [-0.3, -0.25) is 4.98 Å². The van der Waals surface area contributed by atoms with E-state index in [0.717, 1.165) is 31.4 Å². The van der Waals surface area contributed by atoms with Crippen molar-refractivity contribution < 1.29 is 14.2 Å². The predicted molar refractivity (Wildman–Crippen MR) is 110 cm³/mol. The fourth-order valence-electron chi connectivity index (χ4n) is 5.49. The molecule has 0 aromatic carbocycles. The second kappa shape index (κ2) is 7.90. The van der Waals surface area contributed by atoms with Gasteiger partial charge in [0.25, 0.3) is 0 Å². The maximum atomic E-state index is 6.30. The molecule has 1 aliphatic heterocycles. The van der Waals surface area contributed by atoms with Gasteiger partial charge in [-0.05, 0) is 67.1 Å². The van der Waals surface area contributed by atoms with Crippen LogP contribution in [-0.2, 0) is 9.47 Å². The van der Waals surface area contributed by atoms with Crippen molar-refractivity contribution in [2.45, 2.75) is 65.3 Å². The van der Waals surface area contributed by atoms with Crippen LogP contribution in [0.4, 0.5) is 0 Å². The number of hydrogen-bond donors (Lipinski definition) is 0. The zero-order chi connectivity index (χ0) is 19.7. The molecule has 2 fully saturated rings. The molecule has 2 heterocycles. The first-order chi connectivity index (χ1) is 13.5. The normalized spacial score (nSPS) is 34.9. The molecule has 0 N–H and O–H groups in total. The molecule has 0 spiro atoms. The summed E-state index contributed by atoms with van der Waals surface area (Å²) in [6.45, 7) is 11.9. The molecule has 4 rings (SSSR count). The van der Waals surface area contributed by atoms with Crippen molar-refractivity contribution in [3.05, 3.63) is 48.5 Å². The summed E-state index contributed by atoms with van der Waals surface area (Å²) in [6, 6.07) is 3.83. The molecular formula is C24H33NO3. The van der Waals surface area contributed by atoms with Crippen molar-refractivity contribution in [2.24, 2.45) is 23.2 Å². The minimum absolute atomic E-state index is 0.110. The van der Waals surface area contributed by atoms with Crippen molar-refractivity contribution in [2.75, 3.05) is 6.61 Å². The van der Waals surface area contributed by atoms with Crippen LogP contribution in [0.5, 0.6) is 5.75 Å². The molecule has 5 atom stereocenters. The highest BCUT2D eigenvalue weighted by Gasteiger charge is 2.52. The second-order valence-electron chi connectivity index (χ2n) is 9.16. The van der Waals surface area contributed by atoms with E-state index in [0.29, 0.717) is 24.4 Å². The number of fused-ring (bicyclic) bond motifs is 3. The third-order valence-corrected chi connectivity index (χ3v) is 7.06. The summed E-state index contributed by atoms with van der Waals surface area (Å²) in [5.41, 5.74) is 2.96. The molecule has 3 aliphatic rings. The van der Waals surface area contributed by atoms with Crippen LogP contribution >= 0.6 is 0 Å². The Morgan fingerprint density at radius 2 is 2.07 bits per heavy atom. The zero-order valence-electron chi connectivity index (χ0n) is 17.4. The SMILES string of the molecule is C=C1CCC2C3=CO[C@@H](C(C)C)O[C@@H]3CC[C@@]2(C)[C@@H]1CCOc1ccncc1. The first-order valence-electron chi connectivity index (χ1n) is 10.7. The Kier molecular flexibility index (Phi) is 5.50. The number of ether oxygens (including phenoxy) is 3. The summed E-state index contributed by atoms with van der Waals surface area (Å²) < 4.78 is 18.3. The van der Waals surface area contributed by atoms with Crippen LogP contribution in [-0.4, -0.2) is 24.0 Å². The summed E-state index contributed by atoms with van der Waals surface area (Å²) in [7, 11) is 0. The van der Waals surface area contributed by atoms with Crippen LogP contribution in [0.3, 0.4) is 0 Å². The van der Waals surface area contributed by atoms with Crippen molar-refractivity contribution in [3.63, 3.8) is 0 Å². The lowest BCUT2D eigenvalue weighted by molar-refractivity contribution is -0.188. The fourth-order valence-corrected chi connectivity index (χ4v) is 5.49. The number of nitrogens with zero attached hydrogens (tertiary/aromatic N) is 1. The van der Waals surface area contributed by atoms with E-state index in [1.807, 2.05) is 18.4 Å².